The van der Waals surface area contributed by atoms with Crippen LogP contribution in [-0.2, 0) is 20.7 Å². The second-order valence-electron chi connectivity index (χ2n) is 7.37. The van der Waals surface area contributed by atoms with Gasteiger partial charge in [-0.05, 0) is 43.4 Å². The molecule has 2 fully saturated rings. The van der Waals surface area contributed by atoms with Crippen LogP contribution in [0.1, 0.15) is 31.2 Å². The summed E-state index contributed by atoms with van der Waals surface area (Å²) in [5.41, 5.74) is 6.30. The fourth-order valence-electron chi connectivity index (χ4n) is 4.47. The van der Waals surface area contributed by atoms with Crippen molar-refractivity contribution in [1.82, 2.24) is 4.90 Å². The lowest BCUT2D eigenvalue weighted by atomic mass is 9.67. The number of carbonyl (C=O) groups excluding carboxylic acids is 2. The highest BCUT2D eigenvalue weighted by Crippen LogP contribution is 2.44. The Hall–Kier alpha value is -2.28. The van der Waals surface area contributed by atoms with Crippen LogP contribution < -0.4 is 15.2 Å². The second-order valence-corrected chi connectivity index (χ2v) is 7.37. The summed E-state index contributed by atoms with van der Waals surface area (Å²) in [6, 6.07) is 4.81. The molecule has 1 unspecified atom stereocenters. The van der Waals surface area contributed by atoms with E-state index in [-0.39, 0.29) is 17.7 Å². The summed E-state index contributed by atoms with van der Waals surface area (Å²) in [6.07, 6.45) is 3.47. The highest BCUT2D eigenvalue weighted by Gasteiger charge is 2.49. The topological polar surface area (TPSA) is 91.1 Å². The third kappa shape index (κ3) is 4.03. The van der Waals surface area contributed by atoms with E-state index in [2.05, 4.69) is 0 Å². The highest BCUT2D eigenvalue weighted by atomic mass is 16.5. The van der Waals surface area contributed by atoms with Gasteiger partial charge in [-0.25, -0.2) is 0 Å². The van der Waals surface area contributed by atoms with Gasteiger partial charge in [0.25, 0.3) is 0 Å². The molecule has 7 heteroatoms. The largest absolute Gasteiger partial charge is 0.497 e. The minimum absolute atomic E-state index is 0.0975. The molecule has 0 radical (unpaired) electrons. The quantitative estimate of drug-likeness (QED) is 0.841. The summed E-state index contributed by atoms with van der Waals surface area (Å²) in [4.78, 5) is 27.1. The Labute approximate surface area is 159 Å². The van der Waals surface area contributed by atoms with Gasteiger partial charge in [-0.1, -0.05) is 0 Å². The standard InChI is InChI=1S/C20H28N2O5/c1-25-15-10-14(11-16(13-15)26-2)12-17(23)22-7-3-4-20(18(22)19(21)24)5-8-27-9-6-20/h10-11,13,18H,3-9,12H2,1-2H3,(H2,21,24). The smallest absolute Gasteiger partial charge is 0.240 e. The first-order valence-corrected chi connectivity index (χ1v) is 9.37. The molecule has 2 N–H and O–H groups in total. The lowest BCUT2D eigenvalue weighted by molar-refractivity contribution is -0.152. The lowest BCUT2D eigenvalue weighted by Crippen LogP contribution is -2.61. The van der Waals surface area contributed by atoms with E-state index >= 15 is 0 Å². The molecule has 148 valence electrons. The van der Waals surface area contributed by atoms with Gasteiger partial charge in [-0.3, -0.25) is 9.59 Å². The second kappa shape index (κ2) is 8.17. The number of carbonyl (C=O) groups is 2. The van der Waals surface area contributed by atoms with Gasteiger partial charge >= 0.3 is 0 Å². The van der Waals surface area contributed by atoms with Crippen molar-refractivity contribution in [3.8, 4) is 11.5 Å². The molecular weight excluding hydrogens is 348 g/mol. The molecule has 27 heavy (non-hydrogen) atoms. The number of nitrogens with zero attached hydrogens (tertiary/aromatic N) is 1. The zero-order valence-corrected chi connectivity index (χ0v) is 16.0. The number of benzene rings is 1. The van der Waals surface area contributed by atoms with Crippen molar-refractivity contribution in [2.75, 3.05) is 34.0 Å². The fraction of sp³-hybridized carbons (Fsp3) is 0.600. The van der Waals surface area contributed by atoms with E-state index in [0.717, 1.165) is 31.2 Å². The Kier molecular flexibility index (Phi) is 5.89. The average Bonchev–Trinajstić information content (AvgIpc) is 2.67. The molecule has 2 heterocycles. The number of nitrogens with two attached hydrogens (primary N) is 1. The number of primary amides is 1. The van der Waals surface area contributed by atoms with Gasteiger partial charge in [0.15, 0.2) is 0 Å². The van der Waals surface area contributed by atoms with E-state index < -0.39 is 11.9 Å². The number of ether oxygens (including phenoxy) is 3. The maximum atomic E-state index is 13.1. The van der Waals surface area contributed by atoms with Gasteiger partial charge in [0.05, 0.1) is 20.6 Å². The SMILES string of the molecule is COc1cc(CC(=O)N2CCCC3(CCOCC3)C2C(N)=O)cc(OC)c1. The van der Waals surface area contributed by atoms with E-state index in [1.807, 2.05) is 12.1 Å². The first kappa shape index (κ1) is 19.5. The molecule has 2 aliphatic heterocycles. The van der Waals surface area contributed by atoms with Crippen LogP contribution in [0.25, 0.3) is 0 Å². The molecule has 1 atom stereocenters. The molecule has 2 saturated heterocycles. The van der Waals surface area contributed by atoms with Crippen molar-refractivity contribution in [3.05, 3.63) is 23.8 Å². The predicted molar refractivity (Wildman–Crippen MR) is 99.7 cm³/mol. The number of likely N-dealkylation sites (tertiary alicyclic amines) is 1. The summed E-state index contributed by atoms with van der Waals surface area (Å²) < 4.78 is 16.0. The van der Waals surface area contributed by atoms with Crippen molar-refractivity contribution in [2.24, 2.45) is 11.1 Å². The van der Waals surface area contributed by atoms with Gasteiger partial charge in [0.1, 0.15) is 17.5 Å². The Morgan fingerprint density at radius 2 is 1.78 bits per heavy atom. The summed E-state index contributed by atoms with van der Waals surface area (Å²) >= 11 is 0. The van der Waals surface area contributed by atoms with Crippen molar-refractivity contribution < 1.29 is 23.8 Å². The molecule has 1 aromatic rings. The Balaban J connectivity index is 1.83. The van der Waals surface area contributed by atoms with E-state index in [1.54, 1.807) is 25.2 Å². The molecule has 2 amide bonds. The van der Waals surface area contributed by atoms with Crippen molar-refractivity contribution in [3.63, 3.8) is 0 Å². The van der Waals surface area contributed by atoms with Crippen molar-refractivity contribution in [1.29, 1.82) is 0 Å². The average molecular weight is 376 g/mol. The normalized spacial score (nSPS) is 21.7. The lowest BCUT2D eigenvalue weighted by Gasteiger charge is -2.50. The predicted octanol–water partition coefficient (Wildman–Crippen LogP) is 1.52. The summed E-state index contributed by atoms with van der Waals surface area (Å²) in [7, 11) is 3.14. The molecule has 0 bridgehead atoms. The van der Waals surface area contributed by atoms with Crippen LogP contribution in [0.5, 0.6) is 11.5 Å². The zero-order valence-electron chi connectivity index (χ0n) is 16.0. The van der Waals surface area contributed by atoms with Gasteiger partial charge in [-0.2, -0.15) is 0 Å². The molecule has 0 aromatic heterocycles. The van der Waals surface area contributed by atoms with Crippen LogP contribution in [0.2, 0.25) is 0 Å². The Bertz CT molecular complexity index is 672. The van der Waals surface area contributed by atoms with Crippen LogP contribution in [0.3, 0.4) is 0 Å². The number of rotatable bonds is 5. The van der Waals surface area contributed by atoms with Crippen LogP contribution in [0.4, 0.5) is 0 Å². The molecule has 1 spiro atoms. The van der Waals surface area contributed by atoms with Gasteiger partial charge in [-0.15, -0.1) is 0 Å². The third-order valence-corrected chi connectivity index (χ3v) is 5.81. The number of hydrogen-bond acceptors (Lipinski definition) is 5. The summed E-state index contributed by atoms with van der Waals surface area (Å²) in [6.45, 7) is 1.77. The minimum Gasteiger partial charge on any atom is -0.497 e. The number of hydrogen-bond donors (Lipinski definition) is 1. The minimum atomic E-state index is -0.574. The first-order valence-electron chi connectivity index (χ1n) is 9.37. The van der Waals surface area contributed by atoms with Gasteiger partial charge in [0, 0.05) is 31.2 Å². The molecule has 1 aromatic carbocycles. The molecular formula is C20H28N2O5. The first-order chi connectivity index (χ1) is 13.0. The van der Waals surface area contributed by atoms with Crippen LogP contribution in [0, 0.1) is 5.41 Å². The van der Waals surface area contributed by atoms with E-state index in [0.29, 0.717) is 31.3 Å². The van der Waals surface area contributed by atoms with Crippen LogP contribution in [-0.4, -0.2) is 56.7 Å². The van der Waals surface area contributed by atoms with Crippen molar-refractivity contribution >= 4 is 11.8 Å². The van der Waals surface area contributed by atoms with E-state index in [1.165, 1.54) is 0 Å². The zero-order chi connectivity index (χ0) is 19.4. The number of piperidine rings is 1. The third-order valence-electron chi connectivity index (χ3n) is 5.81. The Morgan fingerprint density at radius 3 is 2.33 bits per heavy atom. The number of methoxy groups -OCH3 is 2. The highest BCUT2D eigenvalue weighted by molar-refractivity contribution is 5.88. The molecule has 0 aliphatic carbocycles. The monoisotopic (exact) mass is 376 g/mol. The maximum absolute atomic E-state index is 13.1. The molecule has 3 rings (SSSR count). The van der Waals surface area contributed by atoms with Gasteiger partial charge < -0.3 is 24.8 Å². The van der Waals surface area contributed by atoms with E-state index in [4.69, 9.17) is 19.9 Å². The maximum Gasteiger partial charge on any atom is 0.240 e. The van der Waals surface area contributed by atoms with Gasteiger partial charge in [0.2, 0.25) is 11.8 Å². The van der Waals surface area contributed by atoms with Crippen LogP contribution >= 0.6 is 0 Å². The van der Waals surface area contributed by atoms with Crippen molar-refractivity contribution in [2.45, 2.75) is 38.1 Å². The van der Waals surface area contributed by atoms with Crippen LogP contribution in [0.15, 0.2) is 18.2 Å². The molecule has 7 nitrogen and oxygen atoms in total. The summed E-state index contributed by atoms with van der Waals surface area (Å²) in [5.74, 6) is 0.735. The molecule has 0 saturated carbocycles. The fourth-order valence-corrected chi connectivity index (χ4v) is 4.47. The Morgan fingerprint density at radius 1 is 1.15 bits per heavy atom. The molecule has 2 aliphatic rings. The van der Waals surface area contributed by atoms with E-state index in [9.17, 15) is 9.59 Å². The summed E-state index contributed by atoms with van der Waals surface area (Å²) in [5, 5.41) is 0. The number of amides is 2.